The summed E-state index contributed by atoms with van der Waals surface area (Å²) in [5.41, 5.74) is 2.52. The number of aryl methyl sites for hydroxylation is 1. The summed E-state index contributed by atoms with van der Waals surface area (Å²) in [5.74, 6) is -0.137. The molecule has 1 unspecified atom stereocenters. The molecule has 1 heterocycles. The van der Waals surface area contributed by atoms with Crippen LogP contribution in [-0.2, 0) is 4.79 Å². The van der Waals surface area contributed by atoms with Crippen LogP contribution in [0.15, 0.2) is 41.2 Å². The summed E-state index contributed by atoms with van der Waals surface area (Å²) in [7, 11) is 0. The van der Waals surface area contributed by atoms with Crippen LogP contribution in [0.25, 0.3) is 11.3 Å². The molecule has 1 aromatic heterocycles. The van der Waals surface area contributed by atoms with Crippen LogP contribution < -0.4 is 10.9 Å². The van der Waals surface area contributed by atoms with Crippen molar-refractivity contribution >= 4 is 5.91 Å². The zero-order valence-corrected chi connectivity index (χ0v) is 14.9. The molecule has 1 amide bonds. The predicted octanol–water partition coefficient (Wildman–Crippen LogP) is 3.23. The van der Waals surface area contributed by atoms with E-state index in [1.807, 2.05) is 31.2 Å². The number of nitrogens with one attached hydrogen (secondary N) is 1. The minimum Gasteiger partial charge on any atom is -0.352 e. The molecule has 3 rings (SSSR count). The fourth-order valence-corrected chi connectivity index (χ4v) is 3.26. The quantitative estimate of drug-likeness (QED) is 0.930. The Bertz CT molecular complexity index is 789. The van der Waals surface area contributed by atoms with Crippen molar-refractivity contribution in [3.8, 4) is 11.3 Å². The summed E-state index contributed by atoms with van der Waals surface area (Å²) >= 11 is 0. The van der Waals surface area contributed by atoms with Crippen LogP contribution in [-0.4, -0.2) is 21.7 Å². The summed E-state index contributed by atoms with van der Waals surface area (Å²) in [6.45, 7) is 3.75. The molecule has 1 fully saturated rings. The number of nitrogens with zero attached hydrogens (tertiary/aromatic N) is 2. The Morgan fingerprint density at radius 2 is 1.80 bits per heavy atom. The second-order valence-electron chi connectivity index (χ2n) is 6.89. The van der Waals surface area contributed by atoms with Crippen LogP contribution in [0.4, 0.5) is 0 Å². The van der Waals surface area contributed by atoms with Crippen molar-refractivity contribution in [1.82, 2.24) is 15.1 Å². The maximum absolute atomic E-state index is 12.5. The van der Waals surface area contributed by atoms with Crippen molar-refractivity contribution in [3.63, 3.8) is 0 Å². The van der Waals surface area contributed by atoms with E-state index < -0.39 is 6.04 Å². The van der Waals surface area contributed by atoms with Gasteiger partial charge in [0.2, 0.25) is 5.91 Å². The molecule has 0 saturated heterocycles. The fourth-order valence-electron chi connectivity index (χ4n) is 3.26. The van der Waals surface area contributed by atoms with Crippen LogP contribution in [0.1, 0.15) is 50.6 Å². The molecule has 0 radical (unpaired) electrons. The molecule has 1 saturated carbocycles. The Labute approximate surface area is 148 Å². The van der Waals surface area contributed by atoms with Crippen molar-refractivity contribution in [2.75, 3.05) is 0 Å². The molecular formula is C20H25N3O2. The van der Waals surface area contributed by atoms with Crippen LogP contribution in [0, 0.1) is 6.92 Å². The maximum atomic E-state index is 12.5. The molecule has 1 N–H and O–H groups in total. The number of benzene rings is 1. The summed E-state index contributed by atoms with van der Waals surface area (Å²) in [5, 5.41) is 7.50. The molecular weight excluding hydrogens is 314 g/mol. The van der Waals surface area contributed by atoms with Gasteiger partial charge in [-0.25, -0.2) is 4.68 Å². The smallest absolute Gasteiger partial charge is 0.267 e. The monoisotopic (exact) mass is 339 g/mol. The van der Waals surface area contributed by atoms with Crippen molar-refractivity contribution in [1.29, 1.82) is 0 Å². The highest BCUT2D eigenvalue weighted by Gasteiger charge is 2.22. The van der Waals surface area contributed by atoms with Gasteiger partial charge in [0.1, 0.15) is 6.04 Å². The first-order valence-electron chi connectivity index (χ1n) is 9.02. The molecule has 0 bridgehead atoms. The topological polar surface area (TPSA) is 64.0 Å². The number of aromatic nitrogens is 2. The van der Waals surface area contributed by atoms with E-state index >= 15 is 0 Å². The molecule has 5 nitrogen and oxygen atoms in total. The lowest BCUT2D eigenvalue weighted by atomic mass is 9.95. The van der Waals surface area contributed by atoms with E-state index in [4.69, 9.17) is 0 Å². The van der Waals surface area contributed by atoms with Crippen LogP contribution in [0.3, 0.4) is 0 Å². The molecule has 1 aromatic carbocycles. The van der Waals surface area contributed by atoms with E-state index in [0.717, 1.165) is 36.8 Å². The Kier molecular flexibility index (Phi) is 5.31. The van der Waals surface area contributed by atoms with Gasteiger partial charge in [0.05, 0.1) is 5.69 Å². The van der Waals surface area contributed by atoms with Crippen molar-refractivity contribution < 1.29 is 4.79 Å². The van der Waals surface area contributed by atoms with Gasteiger partial charge in [-0.15, -0.1) is 0 Å². The molecule has 5 heteroatoms. The Balaban J connectivity index is 1.80. The van der Waals surface area contributed by atoms with Gasteiger partial charge in [-0.3, -0.25) is 9.59 Å². The summed E-state index contributed by atoms with van der Waals surface area (Å²) in [4.78, 5) is 24.8. The Morgan fingerprint density at radius 3 is 2.48 bits per heavy atom. The Morgan fingerprint density at radius 1 is 1.12 bits per heavy atom. The molecule has 1 atom stereocenters. The van der Waals surface area contributed by atoms with Crippen LogP contribution in [0.2, 0.25) is 0 Å². The highest BCUT2D eigenvalue weighted by atomic mass is 16.2. The molecule has 132 valence electrons. The van der Waals surface area contributed by atoms with Crippen molar-refractivity contribution in [3.05, 3.63) is 52.3 Å². The van der Waals surface area contributed by atoms with Crippen LogP contribution in [0.5, 0.6) is 0 Å². The molecule has 1 aliphatic carbocycles. The van der Waals surface area contributed by atoms with Gasteiger partial charge in [0.15, 0.2) is 0 Å². The zero-order chi connectivity index (χ0) is 17.8. The van der Waals surface area contributed by atoms with E-state index in [1.165, 1.54) is 17.2 Å². The van der Waals surface area contributed by atoms with E-state index in [-0.39, 0.29) is 17.5 Å². The van der Waals surface area contributed by atoms with E-state index in [9.17, 15) is 9.59 Å². The lowest BCUT2D eigenvalue weighted by Gasteiger charge is -2.24. The third-order valence-electron chi connectivity index (χ3n) is 4.87. The molecule has 25 heavy (non-hydrogen) atoms. The Hall–Kier alpha value is -2.43. The van der Waals surface area contributed by atoms with E-state index in [1.54, 1.807) is 13.0 Å². The molecule has 2 aromatic rings. The highest BCUT2D eigenvalue weighted by Crippen LogP contribution is 2.19. The average Bonchev–Trinajstić information content (AvgIpc) is 2.63. The predicted molar refractivity (Wildman–Crippen MR) is 98.4 cm³/mol. The second-order valence-corrected chi connectivity index (χ2v) is 6.89. The maximum Gasteiger partial charge on any atom is 0.267 e. The van der Waals surface area contributed by atoms with Crippen molar-refractivity contribution in [2.24, 2.45) is 0 Å². The highest BCUT2D eigenvalue weighted by molar-refractivity contribution is 5.80. The standard InChI is InChI=1S/C20H25N3O2/c1-14-8-10-16(11-9-14)18-12-13-19(24)23(22-18)15(2)20(25)21-17-6-4-3-5-7-17/h8-13,15,17H,3-7H2,1-2H3,(H,21,25). The summed E-state index contributed by atoms with van der Waals surface area (Å²) in [6.07, 6.45) is 5.58. The lowest BCUT2D eigenvalue weighted by Crippen LogP contribution is -2.42. The van der Waals surface area contributed by atoms with Crippen molar-refractivity contribution in [2.45, 2.75) is 58.0 Å². The second kappa shape index (κ2) is 7.64. The lowest BCUT2D eigenvalue weighted by molar-refractivity contribution is -0.125. The third-order valence-corrected chi connectivity index (χ3v) is 4.87. The SMILES string of the molecule is Cc1ccc(-c2ccc(=O)n(C(C)C(=O)NC3CCCCC3)n2)cc1. The van der Waals surface area contributed by atoms with Gasteiger partial charge in [0, 0.05) is 17.7 Å². The first-order chi connectivity index (χ1) is 12.0. The van der Waals surface area contributed by atoms with Gasteiger partial charge in [-0.1, -0.05) is 49.1 Å². The number of rotatable bonds is 4. The summed E-state index contributed by atoms with van der Waals surface area (Å²) in [6, 6.07) is 10.7. The van der Waals surface area contributed by atoms with E-state index in [2.05, 4.69) is 10.4 Å². The number of hydrogen-bond donors (Lipinski definition) is 1. The van der Waals surface area contributed by atoms with Gasteiger partial charge < -0.3 is 5.32 Å². The van der Waals surface area contributed by atoms with Crippen LogP contribution >= 0.6 is 0 Å². The van der Waals surface area contributed by atoms with Gasteiger partial charge >= 0.3 is 0 Å². The van der Waals surface area contributed by atoms with Gasteiger partial charge in [-0.05, 0) is 32.8 Å². The number of carbonyl (C=O) groups is 1. The number of carbonyl (C=O) groups excluding carboxylic acids is 1. The summed E-state index contributed by atoms with van der Waals surface area (Å²) < 4.78 is 1.29. The van der Waals surface area contributed by atoms with Gasteiger partial charge in [-0.2, -0.15) is 5.10 Å². The largest absolute Gasteiger partial charge is 0.352 e. The minimum atomic E-state index is -0.625. The minimum absolute atomic E-state index is 0.137. The van der Waals surface area contributed by atoms with E-state index in [0.29, 0.717) is 5.69 Å². The number of hydrogen-bond acceptors (Lipinski definition) is 3. The number of amides is 1. The normalized spacial score (nSPS) is 16.4. The fraction of sp³-hybridized carbons (Fsp3) is 0.450. The zero-order valence-electron chi connectivity index (χ0n) is 14.9. The van der Waals surface area contributed by atoms with Gasteiger partial charge in [0.25, 0.3) is 5.56 Å². The first kappa shape index (κ1) is 17.4. The molecule has 1 aliphatic rings. The average molecular weight is 339 g/mol. The molecule has 0 spiro atoms. The third kappa shape index (κ3) is 4.16. The first-order valence-corrected chi connectivity index (χ1v) is 9.02. The molecule has 0 aliphatic heterocycles.